The monoisotopic (exact) mass is 415 g/mol. The summed E-state index contributed by atoms with van der Waals surface area (Å²) in [6.45, 7) is 5.42. The molecule has 1 amide bonds. The molecular weight excluding hydrogens is 398 g/mol. The van der Waals surface area contributed by atoms with Gasteiger partial charge in [-0.05, 0) is 23.6 Å². The van der Waals surface area contributed by atoms with Crippen LogP contribution in [-0.2, 0) is 16.1 Å². The van der Waals surface area contributed by atoms with Crippen molar-refractivity contribution in [2.75, 3.05) is 0 Å². The zero-order valence-corrected chi connectivity index (χ0v) is 16.2. The molecule has 2 aromatic carbocycles. The number of rotatable bonds is 2. The molecule has 0 saturated heterocycles. The maximum atomic E-state index is 13.5. The molecule has 0 fully saturated rings. The number of Topliss-reactive ketones (excluding diaryl/α,β-unsaturated/α-hetero) is 1. The predicted octanol–water partition coefficient (Wildman–Crippen LogP) is 3.34. The van der Waals surface area contributed by atoms with Gasteiger partial charge < -0.3 is 15.2 Å². The van der Waals surface area contributed by atoms with Gasteiger partial charge in [-0.2, -0.15) is 0 Å². The Labute approximate surface area is 159 Å². The first-order valence-corrected chi connectivity index (χ1v) is 9.20. The number of aliphatic hydroxyl groups is 1. The van der Waals surface area contributed by atoms with Crippen molar-refractivity contribution in [3.8, 4) is 5.75 Å². The Balaban J connectivity index is 2.03. The summed E-state index contributed by atoms with van der Waals surface area (Å²) < 4.78 is 6.52. The summed E-state index contributed by atoms with van der Waals surface area (Å²) in [4.78, 5) is 25.5. The summed E-state index contributed by atoms with van der Waals surface area (Å²) in [6.07, 6.45) is 0. The number of benzene rings is 2. The number of ether oxygens (including phenoxy) is 1. The standard InChI is InChI=1S/C20H18BrNO4/c1-10(2)12-7-8-13-16(9-12)26-20(25)14-5-4-6-15(21)17(14)18(24)19(13,20)22-11(3)23/h4-10,25H,1-3H3,(H,22,23). The maximum absolute atomic E-state index is 13.5. The average molecular weight is 416 g/mol. The van der Waals surface area contributed by atoms with Crippen LogP contribution in [0.2, 0.25) is 0 Å². The lowest BCUT2D eigenvalue weighted by atomic mass is 9.82. The number of fused-ring (bicyclic) bond motifs is 5. The smallest absolute Gasteiger partial charge is 0.271 e. The second-order valence-electron chi connectivity index (χ2n) is 7.08. The molecule has 2 aliphatic rings. The van der Waals surface area contributed by atoms with Gasteiger partial charge in [-0.3, -0.25) is 9.59 Å². The van der Waals surface area contributed by atoms with Gasteiger partial charge in [-0.15, -0.1) is 0 Å². The Bertz CT molecular complexity index is 970. The molecule has 2 atom stereocenters. The SMILES string of the molecule is CC(=O)NC12C(=O)c3c(Br)cccc3C1(O)Oc1cc(C(C)C)ccc12. The van der Waals surface area contributed by atoms with Crippen LogP contribution < -0.4 is 10.1 Å². The van der Waals surface area contributed by atoms with Crippen molar-refractivity contribution < 1.29 is 19.4 Å². The minimum atomic E-state index is -1.99. The molecule has 1 aliphatic heterocycles. The first-order chi connectivity index (χ1) is 12.2. The summed E-state index contributed by atoms with van der Waals surface area (Å²) >= 11 is 3.38. The Hall–Kier alpha value is -2.18. The van der Waals surface area contributed by atoms with Crippen LogP contribution in [0.4, 0.5) is 0 Å². The van der Waals surface area contributed by atoms with Crippen molar-refractivity contribution in [3.63, 3.8) is 0 Å². The molecule has 0 radical (unpaired) electrons. The molecule has 2 aromatic rings. The summed E-state index contributed by atoms with van der Waals surface area (Å²) in [7, 11) is 0. The minimum Gasteiger partial charge on any atom is -0.454 e. The van der Waals surface area contributed by atoms with Crippen LogP contribution in [0.5, 0.6) is 5.75 Å². The summed E-state index contributed by atoms with van der Waals surface area (Å²) in [5.41, 5.74) is 0.450. The summed E-state index contributed by atoms with van der Waals surface area (Å²) in [5, 5.41) is 14.3. The molecule has 26 heavy (non-hydrogen) atoms. The fraction of sp³-hybridized carbons (Fsp3) is 0.300. The highest BCUT2D eigenvalue weighted by molar-refractivity contribution is 9.10. The number of nitrogens with one attached hydrogen (secondary N) is 1. The van der Waals surface area contributed by atoms with Crippen molar-refractivity contribution in [2.24, 2.45) is 0 Å². The topological polar surface area (TPSA) is 75.6 Å². The number of hydrogen-bond donors (Lipinski definition) is 2. The molecule has 134 valence electrons. The van der Waals surface area contributed by atoms with Gasteiger partial charge in [-0.25, -0.2) is 0 Å². The van der Waals surface area contributed by atoms with Gasteiger partial charge in [-0.1, -0.05) is 54.0 Å². The number of hydrogen-bond acceptors (Lipinski definition) is 4. The number of ketones is 1. The van der Waals surface area contributed by atoms with Crippen molar-refractivity contribution in [2.45, 2.75) is 38.0 Å². The third-order valence-electron chi connectivity index (χ3n) is 5.15. The highest BCUT2D eigenvalue weighted by atomic mass is 79.9. The molecule has 0 bridgehead atoms. The molecule has 1 heterocycles. The number of carbonyl (C=O) groups excluding carboxylic acids is 2. The number of carbonyl (C=O) groups is 2. The fourth-order valence-electron chi connectivity index (χ4n) is 3.94. The molecule has 2 N–H and O–H groups in total. The van der Waals surface area contributed by atoms with Gasteiger partial charge in [0.05, 0.1) is 0 Å². The first-order valence-electron chi connectivity index (χ1n) is 8.40. The third kappa shape index (κ3) is 1.94. The van der Waals surface area contributed by atoms with Gasteiger partial charge in [0, 0.05) is 28.1 Å². The molecule has 6 heteroatoms. The van der Waals surface area contributed by atoms with E-state index in [1.165, 1.54) is 6.92 Å². The van der Waals surface area contributed by atoms with Crippen LogP contribution in [-0.4, -0.2) is 16.8 Å². The Morgan fingerprint density at radius 3 is 2.62 bits per heavy atom. The lowest BCUT2D eigenvalue weighted by Crippen LogP contribution is -2.59. The van der Waals surface area contributed by atoms with Gasteiger partial charge in [0.2, 0.25) is 17.2 Å². The zero-order chi connectivity index (χ0) is 18.9. The third-order valence-corrected chi connectivity index (χ3v) is 5.81. The Morgan fingerprint density at radius 2 is 1.96 bits per heavy atom. The zero-order valence-electron chi connectivity index (χ0n) is 14.6. The van der Waals surface area contributed by atoms with Crippen molar-refractivity contribution >= 4 is 27.6 Å². The van der Waals surface area contributed by atoms with Crippen molar-refractivity contribution in [1.29, 1.82) is 0 Å². The van der Waals surface area contributed by atoms with Crippen LogP contribution in [0.1, 0.15) is 53.7 Å². The highest BCUT2D eigenvalue weighted by Gasteiger charge is 2.71. The summed E-state index contributed by atoms with van der Waals surface area (Å²) in [5.74, 6) is -2.15. The predicted molar refractivity (Wildman–Crippen MR) is 99.0 cm³/mol. The number of amides is 1. The lowest BCUT2D eigenvalue weighted by molar-refractivity contribution is -0.175. The van der Waals surface area contributed by atoms with E-state index in [0.717, 1.165) is 5.56 Å². The van der Waals surface area contributed by atoms with E-state index in [1.807, 2.05) is 26.0 Å². The molecule has 1 aliphatic carbocycles. The highest BCUT2D eigenvalue weighted by Crippen LogP contribution is 2.59. The molecule has 0 spiro atoms. The van der Waals surface area contributed by atoms with Crippen LogP contribution in [0.15, 0.2) is 40.9 Å². The van der Waals surface area contributed by atoms with Gasteiger partial charge in [0.15, 0.2) is 0 Å². The van der Waals surface area contributed by atoms with E-state index in [9.17, 15) is 14.7 Å². The van der Waals surface area contributed by atoms with E-state index in [1.54, 1.807) is 24.3 Å². The molecule has 5 nitrogen and oxygen atoms in total. The largest absolute Gasteiger partial charge is 0.454 e. The second-order valence-corrected chi connectivity index (χ2v) is 7.93. The molecule has 4 rings (SSSR count). The van der Waals surface area contributed by atoms with Crippen LogP contribution in [0.3, 0.4) is 0 Å². The molecule has 2 unspecified atom stereocenters. The van der Waals surface area contributed by atoms with E-state index in [2.05, 4.69) is 21.2 Å². The second kappa shape index (κ2) is 5.41. The summed E-state index contributed by atoms with van der Waals surface area (Å²) in [6, 6.07) is 10.6. The molecule has 0 aromatic heterocycles. The first kappa shape index (κ1) is 17.2. The van der Waals surface area contributed by atoms with Crippen LogP contribution in [0, 0.1) is 0 Å². The van der Waals surface area contributed by atoms with Crippen LogP contribution in [0.25, 0.3) is 0 Å². The van der Waals surface area contributed by atoms with Gasteiger partial charge in [0.25, 0.3) is 5.79 Å². The van der Waals surface area contributed by atoms with E-state index >= 15 is 0 Å². The maximum Gasteiger partial charge on any atom is 0.271 e. The van der Waals surface area contributed by atoms with E-state index in [4.69, 9.17) is 4.74 Å². The Kier molecular flexibility index (Phi) is 3.59. The minimum absolute atomic E-state index is 0.257. The average Bonchev–Trinajstić information content (AvgIpc) is 2.92. The van der Waals surface area contributed by atoms with Crippen molar-refractivity contribution in [1.82, 2.24) is 5.32 Å². The van der Waals surface area contributed by atoms with E-state index in [-0.39, 0.29) is 5.92 Å². The lowest BCUT2D eigenvalue weighted by Gasteiger charge is -2.34. The van der Waals surface area contributed by atoms with Crippen LogP contribution >= 0.6 is 15.9 Å². The molecular formula is C20H18BrNO4. The molecule has 0 saturated carbocycles. The fourth-order valence-corrected chi connectivity index (χ4v) is 4.49. The van der Waals surface area contributed by atoms with Crippen molar-refractivity contribution in [3.05, 3.63) is 63.1 Å². The van der Waals surface area contributed by atoms with E-state index in [0.29, 0.717) is 26.9 Å². The number of halogens is 1. The Morgan fingerprint density at radius 1 is 1.23 bits per heavy atom. The normalized spacial score (nSPS) is 25.5. The van der Waals surface area contributed by atoms with Gasteiger partial charge in [0.1, 0.15) is 5.75 Å². The quantitative estimate of drug-likeness (QED) is 0.788. The van der Waals surface area contributed by atoms with Gasteiger partial charge >= 0.3 is 0 Å². The van der Waals surface area contributed by atoms with E-state index < -0.39 is 23.0 Å².